The highest BCUT2D eigenvalue weighted by Gasteiger charge is 2.25. The fourth-order valence-corrected chi connectivity index (χ4v) is 3.12. The summed E-state index contributed by atoms with van der Waals surface area (Å²) < 4.78 is 0. The Kier molecular flexibility index (Phi) is 5.55. The fraction of sp³-hybridized carbons (Fsp3) is 0.235. The van der Waals surface area contributed by atoms with Crippen molar-refractivity contribution < 1.29 is 4.79 Å². The van der Waals surface area contributed by atoms with Gasteiger partial charge in [0, 0.05) is 5.56 Å². The zero-order valence-electron chi connectivity index (χ0n) is 11.2. The molecule has 2 rings (SSSR count). The van der Waals surface area contributed by atoms with Crippen LogP contribution in [0.25, 0.3) is 0 Å². The van der Waals surface area contributed by atoms with Gasteiger partial charge in [-0.15, -0.1) is 0 Å². The highest BCUT2D eigenvalue weighted by Crippen LogP contribution is 2.33. The minimum Gasteiger partial charge on any atom is -0.293 e. The maximum atomic E-state index is 12.5. The molecular weight excluding hydrogens is 380 g/mol. The first-order chi connectivity index (χ1) is 9.63. The molecule has 0 unspecified atom stereocenters. The van der Waals surface area contributed by atoms with Crippen molar-refractivity contribution in [2.24, 2.45) is 0 Å². The van der Waals surface area contributed by atoms with Crippen LogP contribution >= 0.6 is 31.9 Å². The van der Waals surface area contributed by atoms with Crippen LogP contribution in [0.15, 0.2) is 54.6 Å². The molecule has 20 heavy (non-hydrogen) atoms. The molecule has 0 aromatic heterocycles. The number of ketones is 1. The standard InChI is InChI=1S/C17H16Br2O/c1-2-12-8-10-14(11-9-12)17(20)16(19)15(18)13-6-4-3-5-7-13/h3-11,15-16H,2H2,1H3/t15-,16+/m0/s1. The summed E-state index contributed by atoms with van der Waals surface area (Å²) in [7, 11) is 0. The Bertz CT molecular complexity index is 563. The third kappa shape index (κ3) is 3.58. The van der Waals surface area contributed by atoms with Gasteiger partial charge in [0.15, 0.2) is 5.78 Å². The number of halogens is 2. The molecule has 0 N–H and O–H groups in total. The Labute approximate surface area is 136 Å². The molecule has 0 radical (unpaired) electrons. The van der Waals surface area contributed by atoms with E-state index in [4.69, 9.17) is 0 Å². The third-order valence-corrected chi connectivity index (χ3v) is 5.98. The molecule has 0 heterocycles. The Balaban J connectivity index is 2.15. The first-order valence-electron chi connectivity index (χ1n) is 6.59. The number of alkyl halides is 2. The summed E-state index contributed by atoms with van der Waals surface area (Å²) in [5, 5.41) is 0. The van der Waals surface area contributed by atoms with Crippen LogP contribution in [0, 0.1) is 0 Å². The van der Waals surface area contributed by atoms with Crippen molar-refractivity contribution in [2.45, 2.75) is 23.0 Å². The first kappa shape index (κ1) is 15.5. The predicted molar refractivity (Wildman–Crippen MR) is 91.0 cm³/mol. The minimum atomic E-state index is -0.280. The van der Waals surface area contributed by atoms with Gasteiger partial charge in [-0.2, -0.15) is 0 Å². The molecule has 0 aliphatic heterocycles. The molecule has 0 spiro atoms. The Morgan fingerprint density at radius 3 is 2.15 bits per heavy atom. The molecule has 1 nitrogen and oxygen atoms in total. The van der Waals surface area contributed by atoms with Crippen LogP contribution in [-0.4, -0.2) is 10.6 Å². The second kappa shape index (κ2) is 7.19. The Hall–Kier alpha value is -0.930. The van der Waals surface area contributed by atoms with Crippen LogP contribution < -0.4 is 0 Å². The molecule has 0 fully saturated rings. The molecule has 0 saturated heterocycles. The average Bonchev–Trinajstić information content (AvgIpc) is 2.53. The molecule has 2 aromatic rings. The lowest BCUT2D eigenvalue weighted by atomic mass is 10.0. The van der Waals surface area contributed by atoms with Crippen LogP contribution in [0.4, 0.5) is 0 Å². The molecule has 104 valence electrons. The van der Waals surface area contributed by atoms with Crippen LogP contribution in [0.2, 0.25) is 0 Å². The summed E-state index contributed by atoms with van der Waals surface area (Å²) in [6, 6.07) is 17.8. The molecule has 0 aliphatic rings. The number of carbonyl (C=O) groups is 1. The zero-order valence-corrected chi connectivity index (χ0v) is 14.4. The van der Waals surface area contributed by atoms with E-state index in [0.29, 0.717) is 0 Å². The van der Waals surface area contributed by atoms with Crippen molar-refractivity contribution in [3.8, 4) is 0 Å². The van der Waals surface area contributed by atoms with E-state index in [0.717, 1.165) is 17.5 Å². The second-order valence-electron chi connectivity index (χ2n) is 4.63. The maximum Gasteiger partial charge on any atom is 0.177 e. The normalized spacial score (nSPS) is 13.8. The monoisotopic (exact) mass is 394 g/mol. The molecule has 2 aromatic carbocycles. The lowest BCUT2D eigenvalue weighted by Gasteiger charge is -2.16. The molecule has 0 aliphatic carbocycles. The van der Waals surface area contributed by atoms with E-state index in [1.165, 1.54) is 5.56 Å². The summed E-state index contributed by atoms with van der Waals surface area (Å²) >= 11 is 7.13. The van der Waals surface area contributed by atoms with E-state index in [1.54, 1.807) is 0 Å². The second-order valence-corrected chi connectivity index (χ2v) is 6.60. The molecule has 0 saturated carbocycles. The number of aryl methyl sites for hydroxylation is 1. The highest BCUT2D eigenvalue weighted by molar-refractivity contribution is 9.12. The molecule has 0 amide bonds. The van der Waals surface area contributed by atoms with Gasteiger partial charge < -0.3 is 0 Å². The van der Waals surface area contributed by atoms with E-state index in [9.17, 15) is 4.79 Å². The van der Waals surface area contributed by atoms with E-state index in [2.05, 4.69) is 38.8 Å². The number of carbonyl (C=O) groups excluding carboxylic acids is 1. The van der Waals surface area contributed by atoms with E-state index in [1.807, 2.05) is 54.6 Å². The van der Waals surface area contributed by atoms with E-state index < -0.39 is 0 Å². The summed E-state index contributed by atoms with van der Waals surface area (Å²) in [5.41, 5.74) is 3.07. The largest absolute Gasteiger partial charge is 0.293 e. The highest BCUT2D eigenvalue weighted by atomic mass is 79.9. The maximum absolute atomic E-state index is 12.5. The number of benzene rings is 2. The van der Waals surface area contributed by atoms with Gasteiger partial charge in [-0.25, -0.2) is 0 Å². The quantitative estimate of drug-likeness (QED) is 0.493. The Morgan fingerprint density at radius 2 is 1.60 bits per heavy atom. The van der Waals surface area contributed by atoms with Crippen LogP contribution in [0.1, 0.15) is 33.2 Å². The Morgan fingerprint density at radius 1 is 1.00 bits per heavy atom. The van der Waals surface area contributed by atoms with Gasteiger partial charge in [-0.1, -0.05) is 93.4 Å². The third-order valence-electron chi connectivity index (χ3n) is 3.27. The van der Waals surface area contributed by atoms with Crippen molar-refractivity contribution in [1.82, 2.24) is 0 Å². The molecule has 0 bridgehead atoms. The first-order valence-corrected chi connectivity index (χ1v) is 8.43. The van der Waals surface area contributed by atoms with Gasteiger partial charge in [-0.3, -0.25) is 4.79 Å². The van der Waals surface area contributed by atoms with Gasteiger partial charge in [0.25, 0.3) is 0 Å². The lowest BCUT2D eigenvalue weighted by molar-refractivity contribution is 0.0991. The van der Waals surface area contributed by atoms with Crippen LogP contribution in [0.5, 0.6) is 0 Å². The summed E-state index contributed by atoms with van der Waals surface area (Å²) in [6.45, 7) is 2.11. The van der Waals surface area contributed by atoms with Crippen molar-refractivity contribution in [3.05, 3.63) is 71.3 Å². The van der Waals surface area contributed by atoms with Crippen molar-refractivity contribution in [1.29, 1.82) is 0 Å². The van der Waals surface area contributed by atoms with E-state index >= 15 is 0 Å². The number of Topliss-reactive ketones (excluding diaryl/α,β-unsaturated/α-hetero) is 1. The SMILES string of the molecule is CCc1ccc(C(=O)[C@H](Br)[C@@H](Br)c2ccccc2)cc1. The van der Waals surface area contributed by atoms with Crippen molar-refractivity contribution in [3.63, 3.8) is 0 Å². The molecule has 2 atom stereocenters. The van der Waals surface area contributed by atoms with Gasteiger partial charge >= 0.3 is 0 Å². The van der Waals surface area contributed by atoms with Gasteiger partial charge in [0.2, 0.25) is 0 Å². The average molecular weight is 396 g/mol. The number of hydrogen-bond donors (Lipinski definition) is 0. The molecule has 3 heteroatoms. The van der Waals surface area contributed by atoms with Gasteiger partial charge in [0.1, 0.15) is 0 Å². The zero-order chi connectivity index (χ0) is 14.5. The number of rotatable bonds is 5. The van der Waals surface area contributed by atoms with Gasteiger partial charge in [0.05, 0.1) is 9.65 Å². The van der Waals surface area contributed by atoms with Gasteiger partial charge in [-0.05, 0) is 17.5 Å². The summed E-state index contributed by atoms with van der Waals surface area (Å²) in [4.78, 5) is 12.2. The summed E-state index contributed by atoms with van der Waals surface area (Å²) in [6.07, 6.45) is 0.983. The fourth-order valence-electron chi connectivity index (χ4n) is 2.00. The predicted octanol–water partition coefficient (Wildman–Crippen LogP) is 5.33. The smallest absolute Gasteiger partial charge is 0.177 e. The van der Waals surface area contributed by atoms with Crippen molar-refractivity contribution in [2.75, 3.05) is 0 Å². The lowest BCUT2D eigenvalue weighted by Crippen LogP contribution is -2.19. The minimum absolute atomic E-state index is 0.0398. The van der Waals surface area contributed by atoms with Crippen LogP contribution in [-0.2, 0) is 6.42 Å². The van der Waals surface area contributed by atoms with Crippen molar-refractivity contribution >= 4 is 37.6 Å². The topological polar surface area (TPSA) is 17.1 Å². The number of hydrogen-bond acceptors (Lipinski definition) is 1. The van der Waals surface area contributed by atoms with E-state index in [-0.39, 0.29) is 15.4 Å². The summed E-state index contributed by atoms with van der Waals surface area (Å²) in [5.74, 6) is 0.0957. The van der Waals surface area contributed by atoms with Crippen LogP contribution in [0.3, 0.4) is 0 Å². The molecular formula is C17H16Br2O.